The van der Waals surface area contributed by atoms with Crippen molar-refractivity contribution in [3.05, 3.63) is 23.4 Å². The number of hydrogen-bond acceptors (Lipinski definition) is 4. The normalized spacial score (nSPS) is 23.6. The summed E-state index contributed by atoms with van der Waals surface area (Å²) in [6.45, 7) is 1.30. The van der Waals surface area contributed by atoms with Crippen LogP contribution in [0.1, 0.15) is 22.3 Å². The molecule has 1 aliphatic rings. The van der Waals surface area contributed by atoms with E-state index in [0.717, 1.165) is 0 Å². The first-order chi connectivity index (χ1) is 8.79. The number of alkyl halides is 3. The highest BCUT2D eigenvalue weighted by atomic mass is 19.4. The van der Waals surface area contributed by atoms with Gasteiger partial charge >= 0.3 is 6.18 Å². The van der Waals surface area contributed by atoms with Crippen molar-refractivity contribution in [2.45, 2.75) is 19.5 Å². The van der Waals surface area contributed by atoms with Crippen LogP contribution in [0.3, 0.4) is 0 Å². The lowest BCUT2D eigenvalue weighted by atomic mass is 9.78. The molecule has 1 atom stereocenters. The van der Waals surface area contributed by atoms with Gasteiger partial charge in [-0.2, -0.15) is 13.2 Å². The number of nitrogens with one attached hydrogen (secondary N) is 1. The molecule has 7 heteroatoms. The second-order valence-electron chi connectivity index (χ2n) is 4.72. The third kappa shape index (κ3) is 2.07. The molecule has 0 bridgehead atoms. The summed E-state index contributed by atoms with van der Waals surface area (Å²) in [5.74, 6) is -1.14. The van der Waals surface area contributed by atoms with Gasteiger partial charge in [0, 0.05) is 12.7 Å². The van der Waals surface area contributed by atoms with Gasteiger partial charge in [-0.1, -0.05) is 0 Å². The summed E-state index contributed by atoms with van der Waals surface area (Å²) in [5, 5.41) is 2.61. The molecule has 2 rings (SSSR count). The summed E-state index contributed by atoms with van der Waals surface area (Å²) < 4.78 is 39.9. The van der Waals surface area contributed by atoms with Gasteiger partial charge in [0.05, 0.1) is 5.56 Å². The zero-order chi connectivity index (χ0) is 14.3. The number of nitrogen functional groups attached to an aromatic ring is 1. The fourth-order valence-electron chi connectivity index (χ4n) is 2.37. The molecule has 0 spiro atoms. The number of ketones is 1. The lowest BCUT2D eigenvalue weighted by molar-refractivity contribution is -0.197. The molecule has 0 saturated carbocycles. The maximum Gasteiger partial charge on any atom is 0.402 e. The van der Waals surface area contributed by atoms with Gasteiger partial charge in [-0.3, -0.25) is 4.79 Å². The minimum Gasteiger partial charge on any atom is -0.383 e. The zero-order valence-electron chi connectivity index (χ0n) is 10.3. The molecule has 1 fully saturated rings. The fraction of sp³-hybridized carbons (Fsp3) is 0.500. The maximum atomic E-state index is 13.3. The van der Waals surface area contributed by atoms with Crippen molar-refractivity contribution >= 4 is 11.6 Å². The quantitative estimate of drug-likeness (QED) is 0.805. The van der Waals surface area contributed by atoms with Crippen LogP contribution in [-0.4, -0.2) is 30.0 Å². The van der Waals surface area contributed by atoms with Crippen LogP contribution < -0.4 is 11.1 Å². The van der Waals surface area contributed by atoms with E-state index in [0.29, 0.717) is 5.56 Å². The monoisotopic (exact) mass is 273 g/mol. The van der Waals surface area contributed by atoms with Gasteiger partial charge < -0.3 is 11.1 Å². The number of halogens is 3. The van der Waals surface area contributed by atoms with E-state index in [-0.39, 0.29) is 24.3 Å². The number of carbonyl (C=O) groups excluding carboxylic acids is 1. The molecule has 2 heterocycles. The first kappa shape index (κ1) is 13.8. The molecular weight excluding hydrogens is 259 g/mol. The number of anilines is 1. The van der Waals surface area contributed by atoms with Crippen molar-refractivity contribution in [2.24, 2.45) is 5.41 Å². The Labute approximate surface area is 108 Å². The number of hydrogen-bond donors (Lipinski definition) is 2. The summed E-state index contributed by atoms with van der Waals surface area (Å²) in [6.07, 6.45) is -3.51. The van der Waals surface area contributed by atoms with Crippen molar-refractivity contribution in [1.29, 1.82) is 0 Å². The number of pyridine rings is 1. The van der Waals surface area contributed by atoms with Gasteiger partial charge in [0.1, 0.15) is 11.2 Å². The average Bonchev–Trinajstić information content (AvgIpc) is 2.77. The molecule has 1 aromatic heterocycles. The number of Topliss-reactive ketones (excluding diaryl/α,β-unsaturated/α-hetero) is 1. The van der Waals surface area contributed by atoms with E-state index >= 15 is 0 Å². The van der Waals surface area contributed by atoms with Crippen molar-refractivity contribution in [2.75, 3.05) is 18.8 Å². The molecule has 0 aromatic carbocycles. The second kappa shape index (κ2) is 4.48. The Morgan fingerprint density at radius 3 is 2.68 bits per heavy atom. The van der Waals surface area contributed by atoms with Crippen LogP contribution in [0.25, 0.3) is 0 Å². The molecule has 0 amide bonds. The number of aromatic nitrogens is 1. The van der Waals surface area contributed by atoms with Crippen molar-refractivity contribution < 1.29 is 18.0 Å². The fourth-order valence-corrected chi connectivity index (χ4v) is 2.37. The third-order valence-corrected chi connectivity index (χ3v) is 3.55. The predicted octanol–water partition coefficient (Wildman–Crippen LogP) is 1.70. The van der Waals surface area contributed by atoms with E-state index in [1.165, 1.54) is 12.3 Å². The Bertz CT molecular complexity index is 487. The molecule has 1 saturated heterocycles. The Morgan fingerprint density at radius 2 is 2.21 bits per heavy atom. The Morgan fingerprint density at radius 1 is 1.53 bits per heavy atom. The minimum absolute atomic E-state index is 0.122. The van der Waals surface area contributed by atoms with Gasteiger partial charge in [0.2, 0.25) is 0 Å². The molecule has 4 nitrogen and oxygen atoms in total. The average molecular weight is 273 g/mol. The van der Waals surface area contributed by atoms with Gasteiger partial charge in [-0.25, -0.2) is 4.98 Å². The summed E-state index contributed by atoms with van der Waals surface area (Å²) in [4.78, 5) is 16.1. The van der Waals surface area contributed by atoms with E-state index in [4.69, 9.17) is 5.73 Å². The zero-order valence-corrected chi connectivity index (χ0v) is 10.3. The van der Waals surface area contributed by atoms with Crippen LogP contribution in [0.4, 0.5) is 19.0 Å². The number of nitrogens with zero attached hydrogens (tertiary/aromatic N) is 1. The molecule has 0 aliphatic carbocycles. The smallest absolute Gasteiger partial charge is 0.383 e. The van der Waals surface area contributed by atoms with Gasteiger partial charge in [-0.15, -0.1) is 0 Å². The minimum atomic E-state index is -4.61. The first-order valence-corrected chi connectivity index (χ1v) is 5.83. The van der Waals surface area contributed by atoms with Crippen LogP contribution in [0.15, 0.2) is 12.3 Å². The SMILES string of the molecule is Cc1ccnc(N)c1C(=O)C1(C(F)(F)F)CCNC1. The number of nitrogens with two attached hydrogens (primary N) is 1. The van der Waals surface area contributed by atoms with Gasteiger partial charge in [0.25, 0.3) is 0 Å². The standard InChI is InChI=1S/C12H14F3N3O/c1-7-2-4-18-10(16)8(7)9(19)11(12(13,14)15)3-5-17-6-11/h2,4,17H,3,5-6H2,1H3,(H2,16,18). The van der Waals surface area contributed by atoms with Crippen LogP contribution in [-0.2, 0) is 0 Å². The van der Waals surface area contributed by atoms with Crippen molar-refractivity contribution in [3.63, 3.8) is 0 Å². The van der Waals surface area contributed by atoms with Gasteiger partial charge in [0.15, 0.2) is 5.78 Å². The summed E-state index contributed by atoms with van der Waals surface area (Å²) in [6, 6.07) is 1.48. The second-order valence-corrected chi connectivity index (χ2v) is 4.72. The molecule has 1 aromatic rings. The van der Waals surface area contributed by atoms with E-state index < -0.39 is 23.9 Å². The Balaban J connectivity index is 2.53. The maximum absolute atomic E-state index is 13.3. The lowest BCUT2D eigenvalue weighted by Gasteiger charge is -2.30. The van der Waals surface area contributed by atoms with Crippen molar-refractivity contribution in [3.8, 4) is 0 Å². The molecule has 19 heavy (non-hydrogen) atoms. The molecular formula is C12H14F3N3O. The van der Waals surface area contributed by atoms with Crippen molar-refractivity contribution in [1.82, 2.24) is 10.3 Å². The third-order valence-electron chi connectivity index (χ3n) is 3.55. The van der Waals surface area contributed by atoms with E-state index in [2.05, 4.69) is 10.3 Å². The van der Waals surface area contributed by atoms with E-state index in [9.17, 15) is 18.0 Å². The van der Waals surface area contributed by atoms with Crippen LogP contribution in [0, 0.1) is 12.3 Å². The lowest BCUT2D eigenvalue weighted by Crippen LogP contribution is -2.47. The van der Waals surface area contributed by atoms with Gasteiger partial charge in [-0.05, 0) is 31.5 Å². The molecule has 104 valence electrons. The van der Waals surface area contributed by atoms with Crippen LogP contribution >= 0.6 is 0 Å². The summed E-state index contributed by atoms with van der Waals surface area (Å²) in [5.41, 5.74) is 3.47. The summed E-state index contributed by atoms with van der Waals surface area (Å²) >= 11 is 0. The molecule has 0 radical (unpaired) electrons. The number of aryl methyl sites for hydroxylation is 1. The molecule has 1 unspecified atom stereocenters. The van der Waals surface area contributed by atoms with Crippen LogP contribution in [0.2, 0.25) is 0 Å². The summed E-state index contributed by atoms with van der Waals surface area (Å²) in [7, 11) is 0. The highest BCUT2D eigenvalue weighted by Crippen LogP contribution is 2.46. The highest BCUT2D eigenvalue weighted by molar-refractivity contribution is 6.06. The Kier molecular flexibility index (Phi) is 3.25. The van der Waals surface area contributed by atoms with E-state index in [1.54, 1.807) is 6.92 Å². The Hall–Kier alpha value is -1.63. The number of carbonyl (C=O) groups is 1. The topological polar surface area (TPSA) is 68.0 Å². The molecule has 1 aliphatic heterocycles. The predicted molar refractivity (Wildman–Crippen MR) is 63.7 cm³/mol. The number of rotatable bonds is 2. The van der Waals surface area contributed by atoms with Crippen LogP contribution in [0.5, 0.6) is 0 Å². The highest BCUT2D eigenvalue weighted by Gasteiger charge is 2.61. The first-order valence-electron chi connectivity index (χ1n) is 5.83. The van der Waals surface area contributed by atoms with E-state index in [1.807, 2.05) is 0 Å². The largest absolute Gasteiger partial charge is 0.402 e. The molecule has 3 N–H and O–H groups in total.